The lowest BCUT2D eigenvalue weighted by atomic mass is 10.2. The quantitative estimate of drug-likeness (QED) is 0.815. The Morgan fingerprint density at radius 2 is 2.07 bits per heavy atom. The average molecular weight is 205 g/mol. The van der Waals surface area contributed by atoms with Gasteiger partial charge in [0.05, 0.1) is 18.1 Å². The van der Waals surface area contributed by atoms with Gasteiger partial charge in [0.2, 0.25) is 0 Å². The number of aryl methyl sites for hydroxylation is 2. The van der Waals surface area contributed by atoms with Crippen LogP contribution in [0.3, 0.4) is 0 Å². The van der Waals surface area contributed by atoms with Gasteiger partial charge in [0.1, 0.15) is 0 Å². The highest BCUT2D eigenvalue weighted by Gasteiger charge is 2.03. The van der Waals surface area contributed by atoms with Gasteiger partial charge in [-0.15, -0.1) is 0 Å². The van der Waals surface area contributed by atoms with Crippen LogP contribution in [0.5, 0.6) is 0 Å². The smallest absolute Gasteiger partial charge is 0.0729 e. The minimum Gasteiger partial charge on any atom is -0.378 e. The largest absolute Gasteiger partial charge is 0.378 e. The maximum atomic E-state index is 4.19. The summed E-state index contributed by atoms with van der Waals surface area (Å²) in [5.74, 6) is 0. The van der Waals surface area contributed by atoms with Gasteiger partial charge in [0.25, 0.3) is 0 Å². The Hall–Kier alpha value is -1.78. The number of anilines is 1. The van der Waals surface area contributed by atoms with E-state index in [1.165, 1.54) is 11.3 Å². The van der Waals surface area contributed by atoms with Crippen molar-refractivity contribution >= 4 is 5.69 Å². The molecule has 0 saturated heterocycles. The fraction of sp³-hybridized carbons (Fsp3) is 0.400. The predicted octanol–water partition coefficient (Wildman–Crippen LogP) is 1.07. The van der Waals surface area contributed by atoms with Crippen LogP contribution in [0.4, 0.5) is 5.69 Å². The van der Waals surface area contributed by atoms with Crippen LogP contribution < -0.4 is 5.32 Å². The molecule has 0 amide bonds. The van der Waals surface area contributed by atoms with Gasteiger partial charge in [-0.05, 0) is 6.92 Å². The number of hydrogen-bond donors (Lipinski definition) is 1. The SMILES string of the molecule is Cc1c(CNc2cnn(C)c2)cnn1C. The number of nitrogens with one attached hydrogen (secondary N) is 1. The van der Waals surface area contributed by atoms with E-state index in [2.05, 4.69) is 22.4 Å². The molecule has 2 aromatic heterocycles. The maximum Gasteiger partial charge on any atom is 0.0729 e. The van der Waals surface area contributed by atoms with E-state index in [1.807, 2.05) is 37.4 Å². The van der Waals surface area contributed by atoms with Crippen molar-refractivity contribution in [3.05, 3.63) is 29.8 Å². The second kappa shape index (κ2) is 3.76. The minimum atomic E-state index is 0.783. The lowest BCUT2D eigenvalue weighted by Crippen LogP contribution is -2.00. The molecule has 2 aromatic rings. The summed E-state index contributed by atoms with van der Waals surface area (Å²) in [6.07, 6.45) is 5.65. The number of nitrogens with zero attached hydrogens (tertiary/aromatic N) is 4. The Labute approximate surface area is 88.7 Å². The van der Waals surface area contributed by atoms with Gasteiger partial charge in [0.15, 0.2) is 0 Å². The van der Waals surface area contributed by atoms with Crippen molar-refractivity contribution in [1.82, 2.24) is 19.6 Å². The molecule has 5 heteroatoms. The molecule has 0 aliphatic rings. The van der Waals surface area contributed by atoms with Crippen molar-refractivity contribution in [2.75, 3.05) is 5.32 Å². The van der Waals surface area contributed by atoms with Crippen molar-refractivity contribution in [3.8, 4) is 0 Å². The van der Waals surface area contributed by atoms with Crippen LogP contribution in [0, 0.1) is 6.92 Å². The summed E-state index contributed by atoms with van der Waals surface area (Å²) in [6.45, 7) is 2.85. The van der Waals surface area contributed by atoms with E-state index in [1.54, 1.807) is 4.68 Å². The molecule has 0 spiro atoms. The van der Waals surface area contributed by atoms with Crippen molar-refractivity contribution in [3.63, 3.8) is 0 Å². The first-order valence-corrected chi connectivity index (χ1v) is 4.87. The monoisotopic (exact) mass is 205 g/mol. The molecule has 80 valence electrons. The van der Waals surface area contributed by atoms with Crippen molar-refractivity contribution in [2.24, 2.45) is 14.1 Å². The summed E-state index contributed by atoms with van der Waals surface area (Å²) in [5.41, 5.74) is 3.42. The molecule has 0 fully saturated rings. The third-order valence-electron chi connectivity index (χ3n) is 2.52. The summed E-state index contributed by atoms with van der Waals surface area (Å²) < 4.78 is 3.65. The highest BCUT2D eigenvalue weighted by molar-refractivity contribution is 5.39. The van der Waals surface area contributed by atoms with Crippen LogP contribution in [0.15, 0.2) is 18.6 Å². The summed E-state index contributed by atoms with van der Waals surface area (Å²) in [6, 6.07) is 0. The fourth-order valence-electron chi connectivity index (χ4n) is 1.43. The van der Waals surface area contributed by atoms with Gasteiger partial charge in [-0.3, -0.25) is 9.36 Å². The van der Waals surface area contributed by atoms with Crippen LogP contribution in [0.2, 0.25) is 0 Å². The highest BCUT2D eigenvalue weighted by Crippen LogP contribution is 2.09. The van der Waals surface area contributed by atoms with Gasteiger partial charge in [0, 0.05) is 38.1 Å². The van der Waals surface area contributed by atoms with Crippen molar-refractivity contribution in [1.29, 1.82) is 0 Å². The standard InChI is InChI=1S/C10H15N5/c1-8-9(5-13-15(8)3)4-11-10-6-12-14(2)7-10/h5-7,11H,4H2,1-3H3. The van der Waals surface area contributed by atoms with Gasteiger partial charge >= 0.3 is 0 Å². The predicted molar refractivity (Wildman–Crippen MR) is 58.5 cm³/mol. The molecule has 0 radical (unpaired) electrons. The van der Waals surface area contributed by atoms with Crippen LogP contribution in [0.1, 0.15) is 11.3 Å². The van der Waals surface area contributed by atoms with E-state index in [4.69, 9.17) is 0 Å². The average Bonchev–Trinajstić information content (AvgIpc) is 2.74. The zero-order valence-electron chi connectivity index (χ0n) is 9.23. The van der Waals surface area contributed by atoms with Gasteiger partial charge in [-0.1, -0.05) is 0 Å². The summed E-state index contributed by atoms with van der Waals surface area (Å²) in [7, 11) is 3.85. The first kappa shape index (κ1) is 9.76. The van der Waals surface area contributed by atoms with Crippen LogP contribution in [0.25, 0.3) is 0 Å². The Morgan fingerprint density at radius 1 is 1.27 bits per heavy atom. The summed E-state index contributed by atoms with van der Waals surface area (Å²) in [5, 5.41) is 11.6. The Kier molecular flexibility index (Phi) is 2.45. The van der Waals surface area contributed by atoms with Gasteiger partial charge < -0.3 is 5.32 Å². The first-order chi connectivity index (χ1) is 7.16. The minimum absolute atomic E-state index is 0.783. The molecule has 2 heterocycles. The molecule has 2 rings (SSSR count). The van der Waals surface area contributed by atoms with E-state index in [-0.39, 0.29) is 0 Å². The second-order valence-electron chi connectivity index (χ2n) is 3.64. The summed E-state index contributed by atoms with van der Waals surface area (Å²) >= 11 is 0. The van der Waals surface area contributed by atoms with E-state index in [0.29, 0.717) is 0 Å². The first-order valence-electron chi connectivity index (χ1n) is 4.87. The lowest BCUT2D eigenvalue weighted by molar-refractivity contribution is 0.738. The molecule has 0 aromatic carbocycles. The lowest BCUT2D eigenvalue weighted by Gasteiger charge is -2.02. The molecular formula is C10H15N5. The summed E-state index contributed by atoms with van der Waals surface area (Å²) in [4.78, 5) is 0. The van der Waals surface area contributed by atoms with Crippen molar-refractivity contribution < 1.29 is 0 Å². The fourth-order valence-corrected chi connectivity index (χ4v) is 1.43. The van der Waals surface area contributed by atoms with Crippen molar-refractivity contribution in [2.45, 2.75) is 13.5 Å². The van der Waals surface area contributed by atoms with Gasteiger partial charge in [-0.2, -0.15) is 10.2 Å². The zero-order chi connectivity index (χ0) is 10.8. The van der Waals surface area contributed by atoms with Crippen LogP contribution in [-0.2, 0) is 20.6 Å². The van der Waals surface area contributed by atoms with E-state index < -0.39 is 0 Å². The Balaban J connectivity index is 2.02. The van der Waals surface area contributed by atoms with E-state index in [0.717, 1.165) is 12.2 Å². The molecule has 0 bridgehead atoms. The molecule has 0 saturated carbocycles. The number of aromatic nitrogens is 4. The second-order valence-corrected chi connectivity index (χ2v) is 3.64. The molecular weight excluding hydrogens is 190 g/mol. The number of rotatable bonds is 3. The Bertz CT molecular complexity index is 454. The maximum absolute atomic E-state index is 4.19. The molecule has 0 unspecified atom stereocenters. The molecule has 0 atom stereocenters. The molecule has 0 aliphatic carbocycles. The molecule has 1 N–H and O–H groups in total. The third kappa shape index (κ3) is 2.01. The molecule has 15 heavy (non-hydrogen) atoms. The zero-order valence-corrected chi connectivity index (χ0v) is 9.23. The molecule has 0 aliphatic heterocycles. The third-order valence-corrected chi connectivity index (χ3v) is 2.52. The van der Waals surface area contributed by atoms with E-state index in [9.17, 15) is 0 Å². The highest BCUT2D eigenvalue weighted by atomic mass is 15.3. The normalized spacial score (nSPS) is 10.6. The Morgan fingerprint density at radius 3 is 2.60 bits per heavy atom. The van der Waals surface area contributed by atoms with Gasteiger partial charge in [-0.25, -0.2) is 0 Å². The topological polar surface area (TPSA) is 47.7 Å². The van der Waals surface area contributed by atoms with Crippen LogP contribution in [-0.4, -0.2) is 19.6 Å². The van der Waals surface area contributed by atoms with Crippen LogP contribution >= 0.6 is 0 Å². The van der Waals surface area contributed by atoms with E-state index >= 15 is 0 Å². The number of hydrogen-bond acceptors (Lipinski definition) is 3. The molecule has 5 nitrogen and oxygen atoms in total.